The van der Waals surface area contributed by atoms with E-state index in [-0.39, 0.29) is 0 Å². The van der Waals surface area contributed by atoms with Crippen molar-refractivity contribution in [2.45, 2.75) is 39.0 Å². The van der Waals surface area contributed by atoms with Crippen LogP contribution in [0.5, 0.6) is 0 Å². The quantitative estimate of drug-likeness (QED) is 0.667. The molecule has 0 aliphatic heterocycles. The topological polar surface area (TPSA) is 46.2 Å². The van der Waals surface area contributed by atoms with Gasteiger partial charge in [0, 0.05) is 13.5 Å². The molecule has 1 aliphatic rings. The first-order valence-electron chi connectivity index (χ1n) is 4.99. The summed E-state index contributed by atoms with van der Waals surface area (Å²) in [4.78, 5) is 21.4. The Bertz CT molecular complexity index is 195. The number of nitrogens with one attached hydrogen (secondary N) is 1. The van der Waals surface area contributed by atoms with Gasteiger partial charge in [-0.05, 0) is 12.3 Å². The Morgan fingerprint density at radius 3 is 2.46 bits per heavy atom. The van der Waals surface area contributed by atoms with Crippen LogP contribution in [-0.4, -0.2) is 18.2 Å². The van der Waals surface area contributed by atoms with E-state index in [9.17, 15) is 9.59 Å². The molecule has 0 aromatic carbocycles. The molecule has 0 saturated heterocycles. The molecule has 0 heterocycles. The summed E-state index contributed by atoms with van der Waals surface area (Å²) >= 11 is 0. The molecule has 0 atom stereocenters. The largest absolute Gasteiger partial charge is 0.350 e. The third kappa shape index (κ3) is 3.57. The number of hydrogen-bond acceptors (Lipinski definition) is 2. The minimum atomic E-state index is -0.446. The van der Waals surface area contributed by atoms with E-state index in [0.29, 0.717) is 6.54 Å². The fourth-order valence-electron chi connectivity index (χ4n) is 1.81. The van der Waals surface area contributed by atoms with Gasteiger partial charge in [0.15, 0.2) is 0 Å². The third-order valence-electron chi connectivity index (χ3n) is 2.63. The number of amides is 1. The number of carbonyl (C=O) groups excluding carboxylic acids is 2. The van der Waals surface area contributed by atoms with Gasteiger partial charge < -0.3 is 5.32 Å². The number of carbonyl (C=O) groups is 2. The van der Waals surface area contributed by atoms with E-state index < -0.39 is 11.7 Å². The number of rotatable bonds is 4. The van der Waals surface area contributed by atoms with Crippen molar-refractivity contribution in [3.05, 3.63) is 0 Å². The highest BCUT2D eigenvalue weighted by Crippen LogP contribution is 2.26. The van der Waals surface area contributed by atoms with Crippen molar-refractivity contribution in [3.63, 3.8) is 0 Å². The number of Topliss-reactive ketones (excluding diaryl/α,β-unsaturated/α-hetero) is 1. The highest BCUT2D eigenvalue weighted by molar-refractivity contribution is 6.35. The van der Waals surface area contributed by atoms with E-state index in [1.807, 2.05) is 0 Å². The summed E-state index contributed by atoms with van der Waals surface area (Å²) in [5.41, 5.74) is 0. The van der Waals surface area contributed by atoms with Gasteiger partial charge in [0.05, 0.1) is 0 Å². The van der Waals surface area contributed by atoms with E-state index in [1.54, 1.807) is 0 Å². The van der Waals surface area contributed by atoms with Crippen LogP contribution in [0.1, 0.15) is 39.0 Å². The maximum atomic E-state index is 10.9. The molecule has 13 heavy (non-hydrogen) atoms. The molecular formula is C10H17NO2. The van der Waals surface area contributed by atoms with Gasteiger partial charge in [0.2, 0.25) is 5.78 Å². The van der Waals surface area contributed by atoms with Crippen LogP contribution in [0.15, 0.2) is 0 Å². The summed E-state index contributed by atoms with van der Waals surface area (Å²) in [7, 11) is 0. The van der Waals surface area contributed by atoms with Gasteiger partial charge in [0.25, 0.3) is 5.91 Å². The highest BCUT2D eigenvalue weighted by Gasteiger charge is 2.15. The highest BCUT2D eigenvalue weighted by atomic mass is 16.2. The average Bonchev–Trinajstić information content (AvgIpc) is 2.56. The molecule has 0 spiro atoms. The van der Waals surface area contributed by atoms with Crippen LogP contribution in [-0.2, 0) is 9.59 Å². The first kappa shape index (κ1) is 10.2. The molecule has 1 rings (SSSR count). The predicted molar refractivity (Wildman–Crippen MR) is 50.3 cm³/mol. The zero-order valence-corrected chi connectivity index (χ0v) is 8.14. The lowest BCUT2D eigenvalue weighted by Crippen LogP contribution is -2.30. The van der Waals surface area contributed by atoms with Gasteiger partial charge >= 0.3 is 0 Å². The second kappa shape index (κ2) is 5.00. The van der Waals surface area contributed by atoms with Gasteiger partial charge in [0.1, 0.15) is 0 Å². The van der Waals surface area contributed by atoms with Crippen molar-refractivity contribution in [1.82, 2.24) is 5.32 Å². The monoisotopic (exact) mass is 183 g/mol. The first-order chi connectivity index (χ1) is 6.20. The maximum Gasteiger partial charge on any atom is 0.287 e. The molecule has 74 valence electrons. The Hall–Kier alpha value is -0.860. The molecule has 1 fully saturated rings. The summed E-state index contributed by atoms with van der Waals surface area (Å²) < 4.78 is 0. The molecule has 0 aromatic heterocycles. The van der Waals surface area contributed by atoms with Crippen LogP contribution in [0.4, 0.5) is 0 Å². The molecule has 1 saturated carbocycles. The van der Waals surface area contributed by atoms with Crippen molar-refractivity contribution in [2.24, 2.45) is 5.92 Å². The standard InChI is InChI=1S/C10H17NO2/c1-8(12)10(13)11-7-6-9-4-2-3-5-9/h9H,2-7H2,1H3,(H,11,13). The minimum absolute atomic E-state index is 0.397. The van der Waals surface area contributed by atoms with Crippen LogP contribution in [0.25, 0.3) is 0 Å². The molecular weight excluding hydrogens is 166 g/mol. The molecule has 0 radical (unpaired) electrons. The maximum absolute atomic E-state index is 10.9. The number of ketones is 1. The molecule has 0 aromatic rings. The van der Waals surface area contributed by atoms with Crippen molar-refractivity contribution >= 4 is 11.7 Å². The zero-order valence-electron chi connectivity index (χ0n) is 8.14. The SMILES string of the molecule is CC(=O)C(=O)NCCC1CCCC1. The summed E-state index contributed by atoms with van der Waals surface area (Å²) in [5, 5.41) is 2.62. The van der Waals surface area contributed by atoms with Crippen molar-refractivity contribution in [3.8, 4) is 0 Å². The smallest absolute Gasteiger partial charge is 0.287 e. The average molecular weight is 183 g/mol. The van der Waals surface area contributed by atoms with E-state index in [2.05, 4.69) is 5.32 Å². The molecule has 0 bridgehead atoms. The lowest BCUT2D eigenvalue weighted by atomic mass is 10.0. The molecule has 1 aliphatic carbocycles. The second-order valence-electron chi connectivity index (χ2n) is 3.75. The summed E-state index contributed by atoms with van der Waals surface area (Å²) in [5.74, 6) is -0.0725. The van der Waals surface area contributed by atoms with Gasteiger partial charge in [-0.15, -0.1) is 0 Å². The summed E-state index contributed by atoms with van der Waals surface area (Å²) in [6.07, 6.45) is 6.25. The Morgan fingerprint density at radius 2 is 1.92 bits per heavy atom. The molecule has 1 N–H and O–H groups in total. The second-order valence-corrected chi connectivity index (χ2v) is 3.75. The molecule has 0 unspecified atom stereocenters. The van der Waals surface area contributed by atoms with E-state index in [4.69, 9.17) is 0 Å². The Kier molecular flexibility index (Phi) is 3.93. The van der Waals surface area contributed by atoms with E-state index in [1.165, 1.54) is 32.6 Å². The van der Waals surface area contributed by atoms with E-state index in [0.717, 1.165) is 12.3 Å². The Morgan fingerprint density at radius 1 is 1.31 bits per heavy atom. The summed E-state index contributed by atoms with van der Waals surface area (Å²) in [6, 6.07) is 0. The fourth-order valence-corrected chi connectivity index (χ4v) is 1.81. The number of hydrogen-bond donors (Lipinski definition) is 1. The van der Waals surface area contributed by atoms with Gasteiger partial charge in [-0.3, -0.25) is 9.59 Å². The van der Waals surface area contributed by atoms with Gasteiger partial charge in [-0.1, -0.05) is 25.7 Å². The third-order valence-corrected chi connectivity index (χ3v) is 2.63. The van der Waals surface area contributed by atoms with Crippen molar-refractivity contribution < 1.29 is 9.59 Å². The van der Waals surface area contributed by atoms with Crippen LogP contribution in [0.2, 0.25) is 0 Å². The molecule has 3 heteroatoms. The normalized spacial score (nSPS) is 17.3. The predicted octanol–water partition coefficient (Wildman–Crippen LogP) is 1.27. The Balaban J connectivity index is 2.06. The zero-order chi connectivity index (χ0) is 9.68. The minimum Gasteiger partial charge on any atom is -0.350 e. The van der Waals surface area contributed by atoms with Crippen LogP contribution < -0.4 is 5.32 Å². The lowest BCUT2D eigenvalue weighted by molar-refractivity contribution is -0.136. The first-order valence-corrected chi connectivity index (χ1v) is 4.99. The molecule has 1 amide bonds. The van der Waals surface area contributed by atoms with Gasteiger partial charge in [-0.25, -0.2) is 0 Å². The van der Waals surface area contributed by atoms with Crippen LogP contribution in [0, 0.1) is 5.92 Å². The lowest BCUT2D eigenvalue weighted by Gasteiger charge is -2.08. The van der Waals surface area contributed by atoms with Crippen LogP contribution in [0.3, 0.4) is 0 Å². The molecule has 3 nitrogen and oxygen atoms in total. The summed E-state index contributed by atoms with van der Waals surface area (Å²) in [6.45, 7) is 1.95. The van der Waals surface area contributed by atoms with Crippen LogP contribution >= 0.6 is 0 Å². The Labute approximate surface area is 78.9 Å². The van der Waals surface area contributed by atoms with Gasteiger partial charge in [-0.2, -0.15) is 0 Å². The van der Waals surface area contributed by atoms with E-state index >= 15 is 0 Å². The van der Waals surface area contributed by atoms with Crippen molar-refractivity contribution in [1.29, 1.82) is 0 Å². The fraction of sp³-hybridized carbons (Fsp3) is 0.800. The van der Waals surface area contributed by atoms with Crippen molar-refractivity contribution in [2.75, 3.05) is 6.54 Å².